The van der Waals surface area contributed by atoms with Gasteiger partial charge in [0, 0.05) is 13.2 Å². The van der Waals surface area contributed by atoms with Gasteiger partial charge in [-0.3, -0.25) is 0 Å². The lowest BCUT2D eigenvalue weighted by Gasteiger charge is -2.28. The number of ether oxygens (including phenoxy) is 2. The second kappa shape index (κ2) is 14.4. The van der Waals surface area contributed by atoms with E-state index in [1.54, 1.807) is 0 Å². The van der Waals surface area contributed by atoms with Gasteiger partial charge in [0.2, 0.25) is 0 Å². The van der Waals surface area contributed by atoms with E-state index in [-0.39, 0.29) is 12.2 Å². The molecule has 2 rings (SSSR count). The summed E-state index contributed by atoms with van der Waals surface area (Å²) < 4.78 is 12.9. The number of rotatable bonds is 15. The first kappa shape index (κ1) is 22.6. The molecule has 154 valence electrons. The first-order chi connectivity index (χ1) is 13.9. The van der Waals surface area contributed by atoms with Crippen LogP contribution in [0.2, 0.25) is 0 Å². The van der Waals surface area contributed by atoms with Gasteiger partial charge in [0.15, 0.2) is 0 Å². The Morgan fingerprint density at radius 2 is 0.929 bits per heavy atom. The van der Waals surface area contributed by atoms with E-state index in [1.165, 1.54) is 49.7 Å². The highest BCUT2D eigenvalue weighted by molar-refractivity contribution is 5.25. The molecule has 0 aliphatic carbocycles. The Morgan fingerprint density at radius 3 is 1.29 bits per heavy atom. The Morgan fingerprint density at radius 1 is 0.536 bits per heavy atom. The predicted molar refractivity (Wildman–Crippen MR) is 119 cm³/mol. The van der Waals surface area contributed by atoms with E-state index in [4.69, 9.17) is 9.47 Å². The molecule has 0 aliphatic heterocycles. The van der Waals surface area contributed by atoms with Crippen molar-refractivity contribution in [1.82, 2.24) is 0 Å². The van der Waals surface area contributed by atoms with Gasteiger partial charge in [-0.15, -0.1) is 0 Å². The summed E-state index contributed by atoms with van der Waals surface area (Å²) in [6.07, 6.45) is 9.56. The van der Waals surface area contributed by atoms with Gasteiger partial charge in [-0.25, -0.2) is 0 Å². The van der Waals surface area contributed by atoms with E-state index in [9.17, 15) is 0 Å². The summed E-state index contributed by atoms with van der Waals surface area (Å²) in [6, 6.07) is 21.1. The van der Waals surface area contributed by atoms with Crippen molar-refractivity contribution >= 4 is 0 Å². The van der Waals surface area contributed by atoms with Crippen molar-refractivity contribution in [3.8, 4) is 0 Å². The summed E-state index contributed by atoms with van der Waals surface area (Å²) in [7, 11) is 0. The van der Waals surface area contributed by atoms with Crippen LogP contribution in [0.5, 0.6) is 0 Å². The van der Waals surface area contributed by atoms with Crippen molar-refractivity contribution < 1.29 is 9.47 Å². The van der Waals surface area contributed by atoms with Crippen LogP contribution < -0.4 is 0 Å². The largest absolute Gasteiger partial charge is 0.370 e. The van der Waals surface area contributed by atoms with E-state index in [2.05, 4.69) is 74.5 Å². The van der Waals surface area contributed by atoms with Crippen LogP contribution >= 0.6 is 0 Å². The van der Waals surface area contributed by atoms with Crippen LogP contribution in [0.25, 0.3) is 0 Å². The van der Waals surface area contributed by atoms with E-state index >= 15 is 0 Å². The standard InChI is InChI=1S/C26H38O2/c1-3-5-7-15-21-27-25(23-17-11-9-12-18-23)26(24-19-13-10-14-20-24)28-22-16-8-6-4-2/h9-14,17-20,25-26H,3-8,15-16,21-22H2,1-2H3. The van der Waals surface area contributed by atoms with E-state index < -0.39 is 0 Å². The van der Waals surface area contributed by atoms with Crippen LogP contribution in [0, 0.1) is 0 Å². The second-order valence-corrected chi connectivity index (χ2v) is 7.53. The van der Waals surface area contributed by atoms with Crippen molar-refractivity contribution in [2.45, 2.75) is 77.4 Å². The van der Waals surface area contributed by atoms with Gasteiger partial charge in [0.25, 0.3) is 0 Å². The van der Waals surface area contributed by atoms with Gasteiger partial charge >= 0.3 is 0 Å². The normalized spacial score (nSPS) is 13.4. The SMILES string of the molecule is CCCCCCOC(c1ccccc1)C(OCCCCCC)c1ccccc1. The molecule has 0 bridgehead atoms. The van der Waals surface area contributed by atoms with Crippen molar-refractivity contribution in [2.24, 2.45) is 0 Å². The summed E-state index contributed by atoms with van der Waals surface area (Å²) in [5, 5.41) is 0. The lowest BCUT2D eigenvalue weighted by atomic mass is 9.97. The molecule has 0 heterocycles. The first-order valence-corrected chi connectivity index (χ1v) is 11.2. The van der Waals surface area contributed by atoms with Crippen molar-refractivity contribution in [1.29, 1.82) is 0 Å². The lowest BCUT2D eigenvalue weighted by Crippen LogP contribution is -2.19. The molecule has 2 aromatic rings. The minimum Gasteiger partial charge on any atom is -0.370 e. The Balaban J connectivity index is 2.11. The fraction of sp³-hybridized carbons (Fsp3) is 0.538. The van der Waals surface area contributed by atoms with Gasteiger partial charge in [-0.2, -0.15) is 0 Å². The topological polar surface area (TPSA) is 18.5 Å². The molecule has 2 nitrogen and oxygen atoms in total. The van der Waals surface area contributed by atoms with Crippen LogP contribution in [0.15, 0.2) is 60.7 Å². The van der Waals surface area contributed by atoms with E-state index in [0.717, 1.165) is 26.1 Å². The van der Waals surface area contributed by atoms with E-state index in [1.807, 2.05) is 0 Å². The molecular formula is C26H38O2. The molecule has 0 aromatic heterocycles. The highest BCUT2D eigenvalue weighted by atomic mass is 16.5. The molecule has 2 unspecified atom stereocenters. The summed E-state index contributed by atoms with van der Waals surface area (Å²) in [5.74, 6) is 0. The van der Waals surface area contributed by atoms with Crippen LogP contribution in [0.4, 0.5) is 0 Å². The zero-order valence-corrected chi connectivity index (χ0v) is 17.8. The van der Waals surface area contributed by atoms with Crippen LogP contribution in [-0.2, 0) is 9.47 Å². The van der Waals surface area contributed by atoms with Crippen molar-refractivity contribution in [3.63, 3.8) is 0 Å². The molecule has 2 atom stereocenters. The summed E-state index contributed by atoms with van der Waals surface area (Å²) in [6.45, 7) is 6.04. The fourth-order valence-electron chi connectivity index (χ4n) is 3.48. The Kier molecular flexibility index (Phi) is 11.6. The third-order valence-electron chi connectivity index (χ3n) is 5.12. The second-order valence-electron chi connectivity index (χ2n) is 7.53. The van der Waals surface area contributed by atoms with Crippen LogP contribution in [0.3, 0.4) is 0 Å². The summed E-state index contributed by atoms with van der Waals surface area (Å²) >= 11 is 0. The molecular weight excluding hydrogens is 344 g/mol. The third-order valence-corrected chi connectivity index (χ3v) is 5.12. The van der Waals surface area contributed by atoms with Crippen molar-refractivity contribution in [2.75, 3.05) is 13.2 Å². The zero-order chi connectivity index (χ0) is 19.9. The molecule has 0 saturated heterocycles. The molecule has 0 saturated carbocycles. The molecule has 0 fully saturated rings. The van der Waals surface area contributed by atoms with Gasteiger partial charge in [-0.1, -0.05) is 113 Å². The highest BCUT2D eigenvalue weighted by Gasteiger charge is 2.26. The highest BCUT2D eigenvalue weighted by Crippen LogP contribution is 2.35. The Labute approximate surface area is 172 Å². The van der Waals surface area contributed by atoms with E-state index in [0.29, 0.717) is 0 Å². The molecule has 0 spiro atoms. The molecule has 0 aliphatic rings. The van der Waals surface area contributed by atoms with Gasteiger partial charge in [0.1, 0.15) is 12.2 Å². The van der Waals surface area contributed by atoms with Crippen molar-refractivity contribution in [3.05, 3.63) is 71.8 Å². The minimum atomic E-state index is -0.0728. The third kappa shape index (κ3) is 8.16. The zero-order valence-electron chi connectivity index (χ0n) is 17.8. The number of hydrogen-bond donors (Lipinski definition) is 0. The minimum absolute atomic E-state index is 0.0728. The Hall–Kier alpha value is -1.64. The molecule has 0 radical (unpaired) electrons. The van der Waals surface area contributed by atoms with Gasteiger partial charge in [-0.05, 0) is 24.0 Å². The summed E-state index contributed by atoms with van der Waals surface area (Å²) in [5.41, 5.74) is 2.39. The smallest absolute Gasteiger partial charge is 0.113 e. The average molecular weight is 383 g/mol. The average Bonchev–Trinajstić information content (AvgIpc) is 2.75. The fourth-order valence-corrected chi connectivity index (χ4v) is 3.48. The molecule has 0 N–H and O–H groups in total. The molecule has 2 heteroatoms. The molecule has 28 heavy (non-hydrogen) atoms. The van der Waals surface area contributed by atoms with Crippen LogP contribution in [0.1, 0.15) is 88.5 Å². The number of hydrogen-bond acceptors (Lipinski definition) is 2. The summed E-state index contributed by atoms with van der Waals surface area (Å²) in [4.78, 5) is 0. The first-order valence-electron chi connectivity index (χ1n) is 11.2. The van der Waals surface area contributed by atoms with Gasteiger partial charge < -0.3 is 9.47 Å². The van der Waals surface area contributed by atoms with Crippen LogP contribution in [-0.4, -0.2) is 13.2 Å². The molecule has 2 aromatic carbocycles. The monoisotopic (exact) mass is 382 g/mol. The Bertz CT molecular complexity index is 541. The lowest BCUT2D eigenvalue weighted by molar-refractivity contribution is -0.0798. The molecule has 0 amide bonds. The number of benzene rings is 2. The predicted octanol–water partition coefficient (Wildman–Crippen LogP) is 7.66. The maximum Gasteiger partial charge on any atom is 0.113 e. The number of unbranched alkanes of at least 4 members (excludes halogenated alkanes) is 6. The quantitative estimate of drug-likeness (QED) is 0.294. The maximum atomic E-state index is 6.44. The maximum absolute atomic E-state index is 6.44. The van der Waals surface area contributed by atoms with Gasteiger partial charge in [0.05, 0.1) is 0 Å².